The lowest BCUT2D eigenvalue weighted by molar-refractivity contribution is 0.0664. The molecule has 2 rings (SSSR count). The molecule has 0 bridgehead atoms. The van der Waals surface area contributed by atoms with Crippen LogP contribution in [-0.2, 0) is 0 Å². The number of amides is 3. The number of nitrogens with one attached hydrogen (secondary N) is 2. The maximum atomic E-state index is 12.3. The van der Waals surface area contributed by atoms with E-state index in [0.717, 1.165) is 26.2 Å². The Morgan fingerprint density at radius 1 is 1.05 bits per heavy atom. The molecule has 1 aromatic carbocycles. The van der Waals surface area contributed by atoms with Gasteiger partial charge < -0.3 is 20.4 Å². The van der Waals surface area contributed by atoms with Gasteiger partial charge in [0.25, 0.3) is 5.91 Å². The highest BCUT2D eigenvalue weighted by Gasteiger charge is 2.20. The molecule has 1 fully saturated rings. The molecule has 3 amide bonds. The molecule has 0 atom stereocenters. The first kappa shape index (κ1) is 14.3. The summed E-state index contributed by atoms with van der Waals surface area (Å²) in [5.41, 5.74) is 1.32. The van der Waals surface area contributed by atoms with Crippen LogP contribution in [0.1, 0.15) is 10.4 Å². The van der Waals surface area contributed by atoms with Crippen molar-refractivity contribution in [1.82, 2.24) is 15.1 Å². The first-order chi connectivity index (χ1) is 9.60. The standard InChI is InChI=1S/C14H20N4O2/c1-15-14(20)16-12-5-3-11(4-6-12)13(19)18-9-7-17(2)8-10-18/h3-6H,7-10H2,1-2H3,(H2,15,16,20). The number of urea groups is 1. The molecule has 6 nitrogen and oxygen atoms in total. The highest BCUT2D eigenvalue weighted by molar-refractivity contribution is 5.95. The summed E-state index contributed by atoms with van der Waals surface area (Å²) in [7, 11) is 3.61. The van der Waals surface area contributed by atoms with Gasteiger partial charge in [0.05, 0.1) is 0 Å². The molecule has 0 unspecified atom stereocenters. The SMILES string of the molecule is CNC(=O)Nc1ccc(C(=O)N2CCN(C)CC2)cc1. The maximum absolute atomic E-state index is 12.3. The predicted molar refractivity (Wildman–Crippen MR) is 77.9 cm³/mol. The third kappa shape index (κ3) is 3.48. The lowest BCUT2D eigenvalue weighted by atomic mass is 10.1. The number of rotatable bonds is 2. The van der Waals surface area contributed by atoms with Crippen molar-refractivity contribution in [2.45, 2.75) is 0 Å². The van der Waals surface area contributed by atoms with Crippen LogP contribution in [0.3, 0.4) is 0 Å². The summed E-state index contributed by atoms with van der Waals surface area (Å²) in [5.74, 6) is 0.0459. The summed E-state index contributed by atoms with van der Waals surface area (Å²) < 4.78 is 0. The molecule has 108 valence electrons. The Morgan fingerprint density at radius 2 is 1.65 bits per heavy atom. The zero-order chi connectivity index (χ0) is 14.5. The summed E-state index contributed by atoms with van der Waals surface area (Å²) in [4.78, 5) is 27.6. The first-order valence-corrected chi connectivity index (χ1v) is 6.67. The molecule has 0 saturated carbocycles. The van der Waals surface area contributed by atoms with Crippen molar-refractivity contribution in [3.8, 4) is 0 Å². The molecule has 0 aliphatic carbocycles. The van der Waals surface area contributed by atoms with E-state index in [1.807, 2.05) is 4.90 Å². The summed E-state index contributed by atoms with van der Waals surface area (Å²) in [6.07, 6.45) is 0. The number of anilines is 1. The molecule has 6 heteroatoms. The van der Waals surface area contributed by atoms with E-state index in [9.17, 15) is 9.59 Å². The average molecular weight is 276 g/mol. The Balaban J connectivity index is 1.98. The van der Waals surface area contributed by atoms with Gasteiger partial charge >= 0.3 is 6.03 Å². The van der Waals surface area contributed by atoms with Crippen LogP contribution in [0.25, 0.3) is 0 Å². The summed E-state index contributed by atoms with van der Waals surface area (Å²) >= 11 is 0. The van der Waals surface area contributed by atoms with Gasteiger partial charge in [-0.3, -0.25) is 4.79 Å². The van der Waals surface area contributed by atoms with Crippen LogP contribution >= 0.6 is 0 Å². The number of carbonyl (C=O) groups is 2. The van der Waals surface area contributed by atoms with Gasteiger partial charge in [0.1, 0.15) is 0 Å². The van der Waals surface area contributed by atoms with Gasteiger partial charge in [-0.15, -0.1) is 0 Å². The van der Waals surface area contributed by atoms with E-state index in [2.05, 4.69) is 22.6 Å². The van der Waals surface area contributed by atoms with E-state index >= 15 is 0 Å². The second kappa shape index (κ2) is 6.38. The third-order valence-electron chi connectivity index (χ3n) is 3.41. The Morgan fingerprint density at radius 3 is 2.20 bits per heavy atom. The molecule has 0 radical (unpaired) electrons. The van der Waals surface area contributed by atoms with Crippen LogP contribution in [0.4, 0.5) is 10.5 Å². The fraction of sp³-hybridized carbons (Fsp3) is 0.429. The van der Waals surface area contributed by atoms with Gasteiger partial charge in [-0.25, -0.2) is 4.79 Å². The minimum atomic E-state index is -0.275. The topological polar surface area (TPSA) is 64.7 Å². The fourth-order valence-corrected chi connectivity index (χ4v) is 2.08. The van der Waals surface area contributed by atoms with E-state index in [-0.39, 0.29) is 11.9 Å². The molecule has 1 aliphatic rings. The van der Waals surface area contributed by atoms with Gasteiger partial charge in [-0.1, -0.05) is 0 Å². The van der Waals surface area contributed by atoms with Gasteiger partial charge in [-0.2, -0.15) is 0 Å². The molecule has 2 N–H and O–H groups in total. The maximum Gasteiger partial charge on any atom is 0.318 e. The van der Waals surface area contributed by atoms with Crippen LogP contribution in [0.5, 0.6) is 0 Å². The Bertz CT molecular complexity index is 478. The van der Waals surface area contributed by atoms with Gasteiger partial charge in [-0.05, 0) is 31.3 Å². The zero-order valence-electron chi connectivity index (χ0n) is 11.8. The summed E-state index contributed by atoms with van der Waals surface area (Å²) in [5, 5.41) is 5.14. The Labute approximate surface area is 118 Å². The molecular formula is C14H20N4O2. The summed E-state index contributed by atoms with van der Waals surface area (Å²) in [6.45, 7) is 3.32. The van der Waals surface area contributed by atoms with Crippen LogP contribution in [0.15, 0.2) is 24.3 Å². The number of likely N-dealkylation sites (N-methyl/N-ethyl adjacent to an activating group) is 1. The van der Waals surface area contributed by atoms with Crippen molar-refractivity contribution in [2.75, 3.05) is 45.6 Å². The normalized spacial score (nSPS) is 15.8. The van der Waals surface area contributed by atoms with Crippen molar-refractivity contribution in [3.05, 3.63) is 29.8 Å². The minimum Gasteiger partial charge on any atom is -0.341 e. The smallest absolute Gasteiger partial charge is 0.318 e. The lowest BCUT2D eigenvalue weighted by Crippen LogP contribution is -2.47. The van der Waals surface area contributed by atoms with E-state index in [4.69, 9.17) is 0 Å². The monoisotopic (exact) mass is 276 g/mol. The molecule has 1 saturated heterocycles. The second-order valence-corrected chi connectivity index (χ2v) is 4.88. The number of hydrogen-bond acceptors (Lipinski definition) is 3. The Hall–Kier alpha value is -2.08. The molecule has 0 spiro atoms. The average Bonchev–Trinajstić information content (AvgIpc) is 2.48. The van der Waals surface area contributed by atoms with Crippen molar-refractivity contribution in [2.24, 2.45) is 0 Å². The number of carbonyl (C=O) groups excluding carboxylic acids is 2. The molecule has 1 aromatic rings. The van der Waals surface area contributed by atoms with Gasteiger partial charge in [0.15, 0.2) is 0 Å². The van der Waals surface area contributed by atoms with Crippen molar-refractivity contribution < 1.29 is 9.59 Å². The van der Waals surface area contributed by atoms with Crippen molar-refractivity contribution in [3.63, 3.8) is 0 Å². The van der Waals surface area contributed by atoms with Crippen LogP contribution in [0.2, 0.25) is 0 Å². The van der Waals surface area contributed by atoms with Gasteiger partial charge in [0.2, 0.25) is 0 Å². The molecule has 0 aromatic heterocycles. The van der Waals surface area contributed by atoms with E-state index in [0.29, 0.717) is 11.3 Å². The highest BCUT2D eigenvalue weighted by Crippen LogP contribution is 2.12. The number of benzene rings is 1. The number of hydrogen-bond donors (Lipinski definition) is 2. The van der Waals surface area contributed by atoms with Gasteiger partial charge in [0, 0.05) is 44.5 Å². The van der Waals surface area contributed by atoms with Crippen molar-refractivity contribution in [1.29, 1.82) is 0 Å². The molecule has 20 heavy (non-hydrogen) atoms. The van der Waals surface area contributed by atoms with Crippen molar-refractivity contribution >= 4 is 17.6 Å². The third-order valence-corrected chi connectivity index (χ3v) is 3.41. The fourth-order valence-electron chi connectivity index (χ4n) is 2.08. The lowest BCUT2D eigenvalue weighted by Gasteiger charge is -2.32. The summed E-state index contributed by atoms with van der Waals surface area (Å²) in [6, 6.07) is 6.68. The van der Waals surface area contributed by atoms with Crippen LogP contribution in [0, 0.1) is 0 Å². The number of nitrogens with zero attached hydrogens (tertiary/aromatic N) is 2. The molecular weight excluding hydrogens is 256 g/mol. The second-order valence-electron chi connectivity index (χ2n) is 4.88. The number of piperazine rings is 1. The molecule has 1 aliphatic heterocycles. The molecule has 1 heterocycles. The Kier molecular flexibility index (Phi) is 4.57. The first-order valence-electron chi connectivity index (χ1n) is 6.67. The predicted octanol–water partition coefficient (Wildman–Crippen LogP) is 0.825. The van der Waals surface area contributed by atoms with E-state index < -0.39 is 0 Å². The zero-order valence-corrected chi connectivity index (χ0v) is 11.8. The minimum absolute atomic E-state index is 0.0459. The quantitative estimate of drug-likeness (QED) is 0.841. The highest BCUT2D eigenvalue weighted by atomic mass is 16.2. The van der Waals surface area contributed by atoms with E-state index in [1.54, 1.807) is 31.3 Å². The van der Waals surface area contributed by atoms with Crippen LogP contribution in [-0.4, -0.2) is 62.0 Å². The van der Waals surface area contributed by atoms with E-state index in [1.165, 1.54) is 0 Å². The van der Waals surface area contributed by atoms with Crippen LogP contribution < -0.4 is 10.6 Å². The largest absolute Gasteiger partial charge is 0.341 e.